The molecule has 24 heavy (non-hydrogen) atoms. The van der Waals surface area contributed by atoms with Crippen molar-refractivity contribution in [3.8, 4) is 9.88 Å². The number of carbonyl (C=O) groups is 1. The van der Waals surface area contributed by atoms with Gasteiger partial charge < -0.3 is 4.90 Å². The lowest BCUT2D eigenvalue weighted by Crippen LogP contribution is -2.27. The number of likely N-dealkylation sites (N-methyl/N-ethyl adjacent to an activating group) is 1. The number of nitrogens with zero attached hydrogens (tertiary/aromatic N) is 2. The van der Waals surface area contributed by atoms with Crippen LogP contribution in [-0.4, -0.2) is 22.8 Å². The molecule has 0 aliphatic carbocycles. The summed E-state index contributed by atoms with van der Waals surface area (Å²) in [6, 6.07) is 11.7. The number of benzene rings is 1. The van der Waals surface area contributed by atoms with Gasteiger partial charge in [-0.1, -0.05) is 45.7 Å². The molecule has 7 heteroatoms. The Morgan fingerprint density at radius 2 is 2.08 bits per heavy atom. The third-order valence-corrected chi connectivity index (χ3v) is 6.52. The molecule has 2 heterocycles. The molecule has 124 valence electrons. The summed E-state index contributed by atoms with van der Waals surface area (Å²) in [4.78, 5) is 19.7. The lowest BCUT2D eigenvalue weighted by Gasteiger charge is -2.17. The highest BCUT2D eigenvalue weighted by atomic mass is 79.9. The van der Waals surface area contributed by atoms with E-state index in [0.29, 0.717) is 13.0 Å². The smallest absolute Gasteiger partial charge is 0.228 e. The Balaban J connectivity index is 1.64. The van der Waals surface area contributed by atoms with Crippen LogP contribution in [0.25, 0.3) is 9.88 Å². The minimum absolute atomic E-state index is 0.0480. The molecule has 0 N–H and O–H groups in total. The molecule has 1 amide bonds. The quantitative estimate of drug-likeness (QED) is 0.524. The second-order valence-electron chi connectivity index (χ2n) is 5.27. The number of hydrogen-bond acceptors (Lipinski definition) is 4. The summed E-state index contributed by atoms with van der Waals surface area (Å²) in [6.07, 6.45) is 0.302. The molecule has 0 saturated carbocycles. The minimum Gasteiger partial charge on any atom is -0.341 e. The summed E-state index contributed by atoms with van der Waals surface area (Å²) in [7, 11) is 1.81. The van der Waals surface area contributed by atoms with Crippen molar-refractivity contribution in [2.75, 3.05) is 7.05 Å². The van der Waals surface area contributed by atoms with Crippen LogP contribution in [0.15, 0.2) is 46.3 Å². The molecule has 3 aromatic rings. The van der Waals surface area contributed by atoms with E-state index in [1.807, 2.05) is 48.8 Å². The van der Waals surface area contributed by atoms with E-state index < -0.39 is 0 Å². The SMILES string of the molecule is CN(Cc1ccccc1Br)C(=O)Cc1csc(-c2ccc(Cl)s2)n1. The van der Waals surface area contributed by atoms with Crippen molar-refractivity contribution < 1.29 is 4.79 Å². The van der Waals surface area contributed by atoms with E-state index in [1.165, 1.54) is 22.7 Å². The third-order valence-electron chi connectivity index (χ3n) is 3.46. The Labute approximate surface area is 162 Å². The number of halogens is 2. The molecule has 2 aromatic heterocycles. The van der Waals surface area contributed by atoms with Crippen LogP contribution >= 0.6 is 50.2 Å². The number of hydrogen-bond donors (Lipinski definition) is 0. The zero-order chi connectivity index (χ0) is 17.1. The first-order valence-corrected chi connectivity index (χ1v) is 10.1. The van der Waals surface area contributed by atoms with Crippen molar-refractivity contribution in [2.24, 2.45) is 0 Å². The molecular formula is C17H14BrClN2OS2. The van der Waals surface area contributed by atoms with Gasteiger partial charge in [-0.15, -0.1) is 22.7 Å². The Kier molecular flexibility index (Phi) is 5.71. The van der Waals surface area contributed by atoms with Crippen molar-refractivity contribution in [1.29, 1.82) is 0 Å². The zero-order valence-electron chi connectivity index (χ0n) is 12.8. The normalized spacial score (nSPS) is 10.8. The summed E-state index contributed by atoms with van der Waals surface area (Å²) in [6.45, 7) is 0.567. The van der Waals surface area contributed by atoms with Crippen molar-refractivity contribution >= 4 is 56.1 Å². The average molecular weight is 442 g/mol. The van der Waals surface area contributed by atoms with Gasteiger partial charge in [0.2, 0.25) is 5.91 Å². The van der Waals surface area contributed by atoms with Gasteiger partial charge in [0.15, 0.2) is 0 Å². The molecule has 0 saturated heterocycles. The zero-order valence-corrected chi connectivity index (χ0v) is 16.8. The predicted octanol–water partition coefficient (Wildman–Crippen LogP) is 5.49. The van der Waals surface area contributed by atoms with E-state index in [0.717, 1.165) is 30.0 Å². The van der Waals surface area contributed by atoms with E-state index in [4.69, 9.17) is 11.6 Å². The van der Waals surface area contributed by atoms with Gasteiger partial charge in [-0.3, -0.25) is 4.79 Å². The molecule has 0 bridgehead atoms. The summed E-state index contributed by atoms with van der Waals surface area (Å²) in [5.74, 6) is 0.0480. The van der Waals surface area contributed by atoms with Crippen LogP contribution in [0.1, 0.15) is 11.3 Å². The Bertz CT molecular complexity index is 862. The highest BCUT2D eigenvalue weighted by molar-refractivity contribution is 9.10. The van der Waals surface area contributed by atoms with Crippen LogP contribution in [0.5, 0.6) is 0 Å². The van der Waals surface area contributed by atoms with E-state index in [-0.39, 0.29) is 5.91 Å². The van der Waals surface area contributed by atoms with Crippen molar-refractivity contribution in [1.82, 2.24) is 9.88 Å². The number of rotatable bonds is 5. The van der Waals surface area contributed by atoms with Gasteiger partial charge in [0.1, 0.15) is 5.01 Å². The van der Waals surface area contributed by atoms with E-state index >= 15 is 0 Å². The van der Waals surface area contributed by atoms with Gasteiger partial charge in [0.25, 0.3) is 0 Å². The average Bonchev–Trinajstić information content (AvgIpc) is 3.18. The van der Waals surface area contributed by atoms with Crippen molar-refractivity contribution in [3.63, 3.8) is 0 Å². The lowest BCUT2D eigenvalue weighted by molar-refractivity contribution is -0.129. The topological polar surface area (TPSA) is 33.2 Å². The fraction of sp³-hybridized carbons (Fsp3) is 0.176. The van der Waals surface area contributed by atoms with E-state index in [2.05, 4.69) is 20.9 Å². The number of carbonyl (C=O) groups excluding carboxylic acids is 1. The number of thiazole rings is 1. The molecule has 0 atom stereocenters. The van der Waals surface area contributed by atoms with Crippen molar-refractivity contribution in [3.05, 3.63) is 61.8 Å². The molecule has 0 aliphatic heterocycles. The van der Waals surface area contributed by atoms with Crippen LogP contribution in [0.3, 0.4) is 0 Å². The molecule has 3 rings (SSSR count). The highest BCUT2D eigenvalue weighted by Crippen LogP contribution is 2.33. The van der Waals surface area contributed by atoms with Crippen LogP contribution in [0.2, 0.25) is 4.34 Å². The number of aromatic nitrogens is 1. The first-order valence-electron chi connectivity index (χ1n) is 7.20. The molecule has 1 aromatic carbocycles. The largest absolute Gasteiger partial charge is 0.341 e. The highest BCUT2D eigenvalue weighted by Gasteiger charge is 2.14. The second kappa shape index (κ2) is 7.78. The maximum atomic E-state index is 12.4. The Morgan fingerprint density at radius 1 is 1.29 bits per heavy atom. The molecule has 0 unspecified atom stereocenters. The fourth-order valence-corrected chi connectivity index (χ4v) is 4.54. The molecule has 3 nitrogen and oxygen atoms in total. The third kappa shape index (κ3) is 4.25. The fourth-order valence-electron chi connectivity index (χ4n) is 2.19. The first-order chi connectivity index (χ1) is 11.5. The summed E-state index contributed by atoms with van der Waals surface area (Å²) in [5, 5.41) is 2.84. The van der Waals surface area contributed by atoms with Gasteiger partial charge >= 0.3 is 0 Å². The monoisotopic (exact) mass is 440 g/mol. The van der Waals surface area contributed by atoms with Gasteiger partial charge in [-0.05, 0) is 23.8 Å². The van der Waals surface area contributed by atoms with Crippen LogP contribution in [0, 0.1) is 0 Å². The maximum Gasteiger partial charge on any atom is 0.228 e. The van der Waals surface area contributed by atoms with E-state index in [1.54, 1.807) is 4.90 Å². The molecular weight excluding hydrogens is 428 g/mol. The summed E-state index contributed by atoms with van der Waals surface area (Å²) in [5.41, 5.74) is 1.88. The minimum atomic E-state index is 0.0480. The van der Waals surface area contributed by atoms with Gasteiger partial charge in [0.05, 0.1) is 21.3 Å². The number of amides is 1. The summed E-state index contributed by atoms with van der Waals surface area (Å²) >= 11 is 12.5. The van der Waals surface area contributed by atoms with Crippen LogP contribution in [0.4, 0.5) is 0 Å². The summed E-state index contributed by atoms with van der Waals surface area (Å²) < 4.78 is 1.75. The Morgan fingerprint density at radius 3 is 2.79 bits per heavy atom. The predicted molar refractivity (Wildman–Crippen MR) is 105 cm³/mol. The van der Waals surface area contributed by atoms with Gasteiger partial charge in [0, 0.05) is 23.4 Å². The van der Waals surface area contributed by atoms with Crippen molar-refractivity contribution in [2.45, 2.75) is 13.0 Å². The molecule has 0 fully saturated rings. The van der Waals surface area contributed by atoms with Gasteiger partial charge in [-0.2, -0.15) is 0 Å². The molecule has 0 spiro atoms. The second-order valence-corrected chi connectivity index (χ2v) is 8.69. The molecule has 0 radical (unpaired) electrons. The first kappa shape index (κ1) is 17.6. The molecule has 0 aliphatic rings. The maximum absolute atomic E-state index is 12.4. The lowest BCUT2D eigenvalue weighted by atomic mass is 10.2. The van der Waals surface area contributed by atoms with E-state index in [9.17, 15) is 4.79 Å². The number of thiophene rings is 1. The Hall–Kier alpha value is -1.21. The van der Waals surface area contributed by atoms with Crippen LogP contribution in [-0.2, 0) is 17.8 Å². The standard InChI is InChI=1S/C17H14BrClN2OS2/c1-21(9-11-4-2-3-5-13(11)18)16(22)8-12-10-23-17(20-12)14-6-7-15(19)24-14/h2-7,10H,8-9H2,1H3. The van der Waals surface area contributed by atoms with Crippen LogP contribution < -0.4 is 0 Å². The van der Waals surface area contributed by atoms with Gasteiger partial charge in [-0.25, -0.2) is 4.98 Å².